The van der Waals surface area contributed by atoms with Gasteiger partial charge in [0.1, 0.15) is 0 Å². The first kappa shape index (κ1) is 10.7. The van der Waals surface area contributed by atoms with Crippen LogP contribution in [-0.2, 0) is 0 Å². The number of nitrogens with zero attached hydrogens (tertiary/aromatic N) is 2. The molecule has 0 aliphatic heterocycles. The minimum absolute atomic E-state index is 0.245. The number of rotatable bonds is 3. The Morgan fingerprint density at radius 1 is 1.64 bits per heavy atom. The molecule has 1 aromatic heterocycles. The van der Waals surface area contributed by atoms with E-state index in [1.165, 1.54) is 6.07 Å². The molecule has 0 bridgehead atoms. The molecule has 0 aliphatic rings. The van der Waals surface area contributed by atoms with E-state index < -0.39 is 5.60 Å². The van der Waals surface area contributed by atoms with Gasteiger partial charge >= 0.3 is 0 Å². The molecule has 0 aliphatic carbocycles. The maximum Gasteiger partial charge on any atom is 0.266 e. The zero-order valence-corrected chi connectivity index (χ0v) is 8.61. The Balaban J connectivity index is 2.80. The van der Waals surface area contributed by atoms with E-state index in [9.17, 15) is 9.90 Å². The predicted molar refractivity (Wildman–Crippen MR) is 54.4 cm³/mol. The molecule has 0 saturated carbocycles. The normalized spacial score (nSPS) is 11.4. The first-order valence-corrected chi connectivity index (χ1v) is 4.37. The molecular formula is C9H15N3O2. The van der Waals surface area contributed by atoms with Gasteiger partial charge in [-0.2, -0.15) is 5.10 Å². The lowest BCUT2D eigenvalue weighted by molar-refractivity contribution is 0.0886. The second-order valence-corrected chi connectivity index (χ2v) is 3.97. The summed E-state index contributed by atoms with van der Waals surface area (Å²) in [7, 11) is 1.80. The number of anilines is 1. The average molecular weight is 197 g/mol. The largest absolute Gasteiger partial charge is 0.389 e. The number of aromatic amines is 1. The van der Waals surface area contributed by atoms with Crippen molar-refractivity contribution >= 4 is 5.69 Å². The molecule has 0 radical (unpaired) electrons. The first-order chi connectivity index (χ1) is 6.38. The van der Waals surface area contributed by atoms with E-state index in [2.05, 4.69) is 10.2 Å². The summed E-state index contributed by atoms with van der Waals surface area (Å²) in [4.78, 5) is 12.7. The Morgan fingerprint density at radius 2 is 2.29 bits per heavy atom. The van der Waals surface area contributed by atoms with Gasteiger partial charge in [-0.05, 0) is 13.8 Å². The SMILES string of the molecule is CN(CC(C)(C)O)c1cn[nH]c(=O)c1. The number of hydrogen-bond acceptors (Lipinski definition) is 4. The van der Waals surface area contributed by atoms with Gasteiger partial charge in [0.25, 0.3) is 5.56 Å². The summed E-state index contributed by atoms with van der Waals surface area (Å²) in [6.07, 6.45) is 1.55. The van der Waals surface area contributed by atoms with E-state index in [4.69, 9.17) is 0 Å². The van der Waals surface area contributed by atoms with Gasteiger partial charge in [-0.15, -0.1) is 0 Å². The van der Waals surface area contributed by atoms with E-state index in [1.807, 2.05) is 0 Å². The fourth-order valence-electron chi connectivity index (χ4n) is 1.25. The second kappa shape index (κ2) is 3.79. The van der Waals surface area contributed by atoms with E-state index in [0.29, 0.717) is 12.2 Å². The zero-order chi connectivity index (χ0) is 10.8. The highest BCUT2D eigenvalue weighted by molar-refractivity contribution is 5.41. The molecule has 5 heteroatoms. The summed E-state index contributed by atoms with van der Waals surface area (Å²) in [5.41, 5.74) is -0.349. The Morgan fingerprint density at radius 3 is 2.79 bits per heavy atom. The zero-order valence-electron chi connectivity index (χ0n) is 8.61. The highest BCUT2D eigenvalue weighted by atomic mass is 16.3. The number of nitrogens with one attached hydrogen (secondary N) is 1. The van der Waals surface area contributed by atoms with Crippen LogP contribution in [0.2, 0.25) is 0 Å². The summed E-state index contributed by atoms with van der Waals surface area (Å²) in [5.74, 6) is 0. The molecule has 2 N–H and O–H groups in total. The van der Waals surface area contributed by atoms with Crippen molar-refractivity contribution in [1.29, 1.82) is 0 Å². The number of hydrogen-bond donors (Lipinski definition) is 2. The van der Waals surface area contributed by atoms with Crippen LogP contribution in [0.25, 0.3) is 0 Å². The Kier molecular flexibility index (Phi) is 2.90. The summed E-state index contributed by atoms with van der Waals surface area (Å²) in [5, 5.41) is 15.5. The van der Waals surface area contributed by atoms with Crippen LogP contribution in [0.3, 0.4) is 0 Å². The van der Waals surface area contributed by atoms with Crippen molar-refractivity contribution in [3.8, 4) is 0 Å². The lowest BCUT2D eigenvalue weighted by Gasteiger charge is -2.26. The number of likely N-dealkylation sites (N-methyl/N-ethyl adjacent to an activating group) is 1. The minimum atomic E-state index is -0.794. The van der Waals surface area contributed by atoms with Crippen LogP contribution in [0, 0.1) is 0 Å². The van der Waals surface area contributed by atoms with Crippen LogP contribution >= 0.6 is 0 Å². The summed E-state index contributed by atoms with van der Waals surface area (Å²) < 4.78 is 0. The topological polar surface area (TPSA) is 69.2 Å². The lowest BCUT2D eigenvalue weighted by atomic mass is 10.1. The average Bonchev–Trinajstić information content (AvgIpc) is 2.01. The molecule has 0 unspecified atom stereocenters. The van der Waals surface area contributed by atoms with Crippen molar-refractivity contribution in [2.45, 2.75) is 19.4 Å². The third-order valence-corrected chi connectivity index (χ3v) is 1.72. The second-order valence-electron chi connectivity index (χ2n) is 3.97. The number of aromatic nitrogens is 2. The van der Waals surface area contributed by atoms with Crippen LogP contribution < -0.4 is 10.5 Å². The molecule has 78 valence electrons. The third kappa shape index (κ3) is 3.18. The van der Waals surface area contributed by atoms with E-state index >= 15 is 0 Å². The molecule has 14 heavy (non-hydrogen) atoms. The lowest BCUT2D eigenvalue weighted by Crippen LogP contribution is -2.36. The van der Waals surface area contributed by atoms with Gasteiger partial charge in [-0.1, -0.05) is 0 Å². The monoisotopic (exact) mass is 197 g/mol. The summed E-state index contributed by atoms with van der Waals surface area (Å²) >= 11 is 0. The van der Waals surface area contributed by atoms with Crippen LogP contribution in [0.5, 0.6) is 0 Å². The molecule has 0 saturated heterocycles. The predicted octanol–water partition coefficient (Wildman–Crippen LogP) is -0.0230. The molecule has 1 heterocycles. The van der Waals surface area contributed by atoms with Gasteiger partial charge in [-0.3, -0.25) is 4.79 Å². The number of aliphatic hydroxyl groups is 1. The van der Waals surface area contributed by atoms with E-state index in [-0.39, 0.29) is 5.56 Å². The molecular weight excluding hydrogens is 182 g/mol. The molecule has 0 spiro atoms. The van der Waals surface area contributed by atoms with Crippen molar-refractivity contribution in [2.75, 3.05) is 18.5 Å². The van der Waals surface area contributed by atoms with Crippen molar-refractivity contribution in [2.24, 2.45) is 0 Å². The molecule has 0 fully saturated rings. The Hall–Kier alpha value is -1.36. The van der Waals surface area contributed by atoms with E-state index in [1.54, 1.807) is 32.0 Å². The Bertz CT molecular complexity index is 354. The van der Waals surface area contributed by atoms with Crippen molar-refractivity contribution < 1.29 is 5.11 Å². The maximum absolute atomic E-state index is 11.0. The highest BCUT2D eigenvalue weighted by Gasteiger charge is 2.16. The standard InChI is InChI=1S/C9H15N3O2/c1-9(2,14)6-12(3)7-4-8(13)11-10-5-7/h4-5,14H,6H2,1-3H3,(H,11,13). The smallest absolute Gasteiger partial charge is 0.266 e. The maximum atomic E-state index is 11.0. The molecule has 0 atom stereocenters. The highest BCUT2D eigenvalue weighted by Crippen LogP contribution is 2.11. The van der Waals surface area contributed by atoms with Crippen LogP contribution in [0.4, 0.5) is 5.69 Å². The summed E-state index contributed by atoms with van der Waals surface area (Å²) in [6, 6.07) is 1.44. The van der Waals surface area contributed by atoms with E-state index in [0.717, 1.165) is 0 Å². The fraction of sp³-hybridized carbons (Fsp3) is 0.556. The van der Waals surface area contributed by atoms with Crippen molar-refractivity contribution in [3.63, 3.8) is 0 Å². The molecule has 1 aromatic rings. The quantitative estimate of drug-likeness (QED) is 0.714. The van der Waals surface area contributed by atoms with Gasteiger partial charge < -0.3 is 10.0 Å². The van der Waals surface area contributed by atoms with Gasteiger partial charge in [-0.25, -0.2) is 5.10 Å². The van der Waals surface area contributed by atoms with Crippen LogP contribution in [0.15, 0.2) is 17.1 Å². The van der Waals surface area contributed by atoms with Crippen molar-refractivity contribution in [1.82, 2.24) is 10.2 Å². The van der Waals surface area contributed by atoms with Gasteiger partial charge in [0.15, 0.2) is 0 Å². The molecule has 1 rings (SSSR count). The summed E-state index contributed by atoms with van der Waals surface area (Å²) in [6.45, 7) is 3.87. The number of H-pyrrole nitrogens is 1. The molecule has 0 aromatic carbocycles. The van der Waals surface area contributed by atoms with Crippen molar-refractivity contribution in [3.05, 3.63) is 22.6 Å². The first-order valence-electron chi connectivity index (χ1n) is 4.37. The molecule has 0 amide bonds. The van der Waals surface area contributed by atoms with Gasteiger partial charge in [0.05, 0.1) is 17.5 Å². The van der Waals surface area contributed by atoms with Gasteiger partial charge in [0.2, 0.25) is 0 Å². The Labute approximate surface area is 82.4 Å². The van der Waals surface area contributed by atoms with Crippen LogP contribution in [0.1, 0.15) is 13.8 Å². The molecule has 5 nitrogen and oxygen atoms in total. The minimum Gasteiger partial charge on any atom is -0.389 e. The van der Waals surface area contributed by atoms with Gasteiger partial charge in [0, 0.05) is 19.7 Å². The van der Waals surface area contributed by atoms with Crippen LogP contribution in [-0.4, -0.2) is 34.5 Å². The third-order valence-electron chi connectivity index (χ3n) is 1.72. The fourth-order valence-corrected chi connectivity index (χ4v) is 1.25.